The van der Waals surface area contributed by atoms with E-state index in [1.807, 2.05) is 59.5 Å². The van der Waals surface area contributed by atoms with Crippen LogP contribution in [0.3, 0.4) is 0 Å². The normalized spacial score (nSPS) is 18.1. The molecular weight excluding hydrogens is 376 g/mol. The van der Waals surface area contributed by atoms with Crippen LogP contribution in [-0.2, 0) is 27.8 Å². The molecule has 0 bridgehead atoms. The van der Waals surface area contributed by atoms with E-state index in [0.717, 1.165) is 16.9 Å². The summed E-state index contributed by atoms with van der Waals surface area (Å²) in [5.74, 6) is 0.975. The van der Waals surface area contributed by atoms with E-state index >= 15 is 0 Å². The first-order valence-electron chi connectivity index (χ1n) is 9.34. The number of ether oxygens (including phenoxy) is 1. The maximum absolute atomic E-state index is 12.2. The molecule has 1 N–H and O–H groups in total. The Kier molecular flexibility index (Phi) is 6.70. The van der Waals surface area contributed by atoms with Crippen LogP contribution in [0.4, 0.5) is 0 Å². The summed E-state index contributed by atoms with van der Waals surface area (Å²) in [6.07, 6.45) is 0.590. The fraction of sp³-hybridized carbons (Fsp3) is 0.381. The van der Waals surface area contributed by atoms with Crippen molar-refractivity contribution < 1.29 is 17.9 Å². The van der Waals surface area contributed by atoms with Crippen LogP contribution in [0.5, 0.6) is 5.75 Å². The van der Waals surface area contributed by atoms with E-state index in [2.05, 4.69) is 5.32 Å². The number of nitrogens with zero attached hydrogens (tertiary/aromatic N) is 1. The van der Waals surface area contributed by atoms with Gasteiger partial charge in [0.2, 0.25) is 5.91 Å². The molecule has 2 aromatic rings. The van der Waals surface area contributed by atoms with Crippen molar-refractivity contribution in [2.45, 2.75) is 25.6 Å². The average molecular weight is 403 g/mol. The summed E-state index contributed by atoms with van der Waals surface area (Å²) in [6.45, 7) is 1.08. The SMILES string of the molecule is CN(CC(=O)NCc1cccc(OCc2ccccc2)c1)C1CCS(=O)(=O)C1. The Morgan fingerprint density at radius 1 is 1.14 bits per heavy atom. The second-order valence-electron chi connectivity index (χ2n) is 7.17. The highest BCUT2D eigenvalue weighted by Gasteiger charge is 2.31. The van der Waals surface area contributed by atoms with Gasteiger partial charge in [0, 0.05) is 12.6 Å². The predicted octanol–water partition coefficient (Wildman–Crippen LogP) is 2.00. The number of hydrogen-bond acceptors (Lipinski definition) is 5. The van der Waals surface area contributed by atoms with E-state index in [9.17, 15) is 13.2 Å². The third-order valence-electron chi connectivity index (χ3n) is 4.86. The van der Waals surface area contributed by atoms with Crippen molar-refractivity contribution in [1.29, 1.82) is 0 Å². The molecule has 0 spiro atoms. The number of carbonyl (C=O) groups excluding carboxylic acids is 1. The molecule has 3 rings (SSSR count). The van der Waals surface area contributed by atoms with Crippen molar-refractivity contribution in [3.05, 3.63) is 65.7 Å². The molecular formula is C21H26N2O4S. The molecule has 1 atom stereocenters. The topological polar surface area (TPSA) is 75.7 Å². The zero-order valence-corrected chi connectivity index (χ0v) is 16.8. The van der Waals surface area contributed by atoms with Crippen LogP contribution in [0.2, 0.25) is 0 Å². The lowest BCUT2D eigenvalue weighted by atomic mass is 10.2. The van der Waals surface area contributed by atoms with E-state index < -0.39 is 9.84 Å². The van der Waals surface area contributed by atoms with Crippen LogP contribution in [0, 0.1) is 0 Å². The molecule has 2 aromatic carbocycles. The zero-order chi connectivity index (χ0) is 20.0. The zero-order valence-electron chi connectivity index (χ0n) is 16.0. The summed E-state index contributed by atoms with van der Waals surface area (Å²) in [5.41, 5.74) is 2.04. The fourth-order valence-electron chi connectivity index (χ4n) is 3.22. The number of benzene rings is 2. The quantitative estimate of drug-likeness (QED) is 0.731. The highest BCUT2D eigenvalue weighted by Crippen LogP contribution is 2.17. The monoisotopic (exact) mass is 402 g/mol. The minimum Gasteiger partial charge on any atom is -0.489 e. The molecule has 0 radical (unpaired) electrons. The average Bonchev–Trinajstić information content (AvgIpc) is 3.06. The first-order chi connectivity index (χ1) is 13.4. The largest absolute Gasteiger partial charge is 0.489 e. The molecule has 28 heavy (non-hydrogen) atoms. The highest BCUT2D eigenvalue weighted by molar-refractivity contribution is 7.91. The summed E-state index contributed by atoms with van der Waals surface area (Å²) >= 11 is 0. The Balaban J connectivity index is 1.45. The Hall–Kier alpha value is -2.38. The summed E-state index contributed by atoms with van der Waals surface area (Å²) in [4.78, 5) is 14.0. The molecule has 150 valence electrons. The van der Waals surface area contributed by atoms with Crippen LogP contribution in [0.1, 0.15) is 17.5 Å². The van der Waals surface area contributed by atoms with Gasteiger partial charge in [-0.05, 0) is 36.7 Å². The molecule has 0 aliphatic carbocycles. The van der Waals surface area contributed by atoms with Gasteiger partial charge >= 0.3 is 0 Å². The van der Waals surface area contributed by atoms with Gasteiger partial charge in [0.1, 0.15) is 12.4 Å². The lowest BCUT2D eigenvalue weighted by Crippen LogP contribution is -2.41. The van der Waals surface area contributed by atoms with Gasteiger partial charge in [0.05, 0.1) is 18.1 Å². The molecule has 0 aromatic heterocycles. The predicted molar refractivity (Wildman–Crippen MR) is 109 cm³/mol. The smallest absolute Gasteiger partial charge is 0.234 e. The molecule has 7 heteroatoms. The van der Waals surface area contributed by atoms with Crippen molar-refractivity contribution in [3.63, 3.8) is 0 Å². The van der Waals surface area contributed by atoms with Gasteiger partial charge in [0.15, 0.2) is 9.84 Å². The van der Waals surface area contributed by atoms with Gasteiger partial charge in [-0.1, -0.05) is 42.5 Å². The lowest BCUT2D eigenvalue weighted by molar-refractivity contribution is -0.122. The Labute approximate surface area is 166 Å². The minimum atomic E-state index is -2.95. The number of sulfone groups is 1. The van der Waals surface area contributed by atoms with E-state index in [1.54, 1.807) is 7.05 Å². The first kappa shape index (κ1) is 20.4. The molecule has 1 aliphatic heterocycles. The maximum atomic E-state index is 12.2. The van der Waals surface area contributed by atoms with Crippen LogP contribution in [0.25, 0.3) is 0 Å². The second-order valence-corrected chi connectivity index (χ2v) is 9.40. The molecule has 1 aliphatic rings. The molecule has 1 fully saturated rings. The van der Waals surface area contributed by atoms with Gasteiger partial charge in [0.25, 0.3) is 0 Å². The Morgan fingerprint density at radius 2 is 1.89 bits per heavy atom. The van der Waals surface area contributed by atoms with Crippen molar-refractivity contribution in [1.82, 2.24) is 10.2 Å². The Morgan fingerprint density at radius 3 is 2.61 bits per heavy atom. The maximum Gasteiger partial charge on any atom is 0.234 e. The summed E-state index contributed by atoms with van der Waals surface area (Å²) in [6, 6.07) is 17.5. The summed E-state index contributed by atoms with van der Waals surface area (Å²) in [7, 11) is -1.15. The first-order valence-corrected chi connectivity index (χ1v) is 11.2. The van der Waals surface area contributed by atoms with Gasteiger partial charge in [-0.2, -0.15) is 0 Å². The number of likely N-dealkylation sites (N-methyl/N-ethyl adjacent to an activating group) is 1. The molecule has 6 nitrogen and oxygen atoms in total. The standard InChI is InChI=1S/C21H26N2O4S/c1-23(19-10-11-28(25,26)16-19)14-21(24)22-13-18-8-5-9-20(12-18)27-15-17-6-3-2-4-7-17/h2-9,12,19H,10-11,13-16H2,1H3,(H,22,24). The van der Waals surface area contributed by atoms with Crippen LogP contribution >= 0.6 is 0 Å². The van der Waals surface area contributed by atoms with Gasteiger partial charge in [-0.15, -0.1) is 0 Å². The lowest BCUT2D eigenvalue weighted by Gasteiger charge is -2.22. The fourth-order valence-corrected chi connectivity index (χ4v) is 5.03. The third kappa shape index (κ3) is 6.07. The Bertz CT molecular complexity index is 900. The third-order valence-corrected chi connectivity index (χ3v) is 6.61. The van der Waals surface area contributed by atoms with E-state index in [0.29, 0.717) is 19.6 Å². The molecule has 1 unspecified atom stereocenters. The molecule has 1 heterocycles. The van der Waals surface area contributed by atoms with Gasteiger partial charge < -0.3 is 10.1 Å². The van der Waals surface area contributed by atoms with E-state index in [4.69, 9.17) is 4.74 Å². The summed E-state index contributed by atoms with van der Waals surface area (Å²) in [5, 5.41) is 2.89. The molecule has 0 saturated carbocycles. The number of hydrogen-bond donors (Lipinski definition) is 1. The van der Waals surface area contributed by atoms with Crippen LogP contribution in [0.15, 0.2) is 54.6 Å². The van der Waals surface area contributed by atoms with Crippen molar-refractivity contribution in [2.75, 3.05) is 25.1 Å². The second kappa shape index (κ2) is 9.21. The van der Waals surface area contributed by atoms with Crippen molar-refractivity contribution in [3.8, 4) is 5.75 Å². The number of nitrogens with one attached hydrogen (secondary N) is 1. The minimum absolute atomic E-state index is 0.0783. The molecule has 1 saturated heterocycles. The van der Waals surface area contributed by atoms with Gasteiger partial charge in [-0.25, -0.2) is 8.42 Å². The summed E-state index contributed by atoms with van der Waals surface area (Å²) < 4.78 is 29.0. The highest BCUT2D eigenvalue weighted by atomic mass is 32.2. The van der Waals surface area contributed by atoms with E-state index in [1.165, 1.54) is 0 Å². The van der Waals surface area contributed by atoms with Crippen molar-refractivity contribution in [2.24, 2.45) is 0 Å². The van der Waals surface area contributed by atoms with Gasteiger partial charge in [-0.3, -0.25) is 9.69 Å². The molecule has 1 amide bonds. The number of rotatable bonds is 8. The number of carbonyl (C=O) groups is 1. The van der Waals surface area contributed by atoms with Crippen LogP contribution < -0.4 is 10.1 Å². The van der Waals surface area contributed by atoms with Crippen LogP contribution in [-0.4, -0.2) is 50.4 Å². The van der Waals surface area contributed by atoms with E-state index in [-0.39, 0.29) is 30.0 Å². The van der Waals surface area contributed by atoms with Crippen molar-refractivity contribution >= 4 is 15.7 Å². The number of amides is 1.